The van der Waals surface area contributed by atoms with Gasteiger partial charge >= 0.3 is 6.03 Å². The van der Waals surface area contributed by atoms with Crippen molar-refractivity contribution in [2.75, 3.05) is 6.98 Å². The Morgan fingerprint density at radius 3 is 3.05 bits per heavy atom. The van der Waals surface area contributed by atoms with Gasteiger partial charge in [-0.15, -0.1) is 0 Å². The minimum absolute atomic E-state index is 0.292. The molecule has 1 fully saturated rings. The first-order chi connectivity index (χ1) is 11.9. The summed E-state index contributed by atoms with van der Waals surface area (Å²) in [4.78, 5) is 18.0. The van der Waals surface area contributed by atoms with Gasteiger partial charge in [0.25, 0.3) is 0 Å². The SMILES string of the molecule is [2H]C([2H])([2H])N(C(=O)n1cnc(-c2ccc[n+]([O-])c2)c1)C1CCCCC1. The van der Waals surface area contributed by atoms with E-state index in [4.69, 9.17) is 4.11 Å². The molecule has 0 N–H and O–H groups in total. The fraction of sp³-hybridized carbons (Fsp3) is 0.438. The average Bonchev–Trinajstić information content (AvgIpc) is 3.05. The van der Waals surface area contributed by atoms with Crippen molar-refractivity contribution in [2.24, 2.45) is 0 Å². The maximum absolute atomic E-state index is 12.8. The highest BCUT2D eigenvalue weighted by Gasteiger charge is 2.23. The molecule has 0 radical (unpaired) electrons. The summed E-state index contributed by atoms with van der Waals surface area (Å²) < 4.78 is 25.1. The summed E-state index contributed by atoms with van der Waals surface area (Å²) in [6.07, 6.45) is 9.75. The number of imidazole rings is 1. The van der Waals surface area contributed by atoms with Gasteiger partial charge in [0.2, 0.25) is 0 Å². The van der Waals surface area contributed by atoms with Crippen molar-refractivity contribution in [1.82, 2.24) is 14.5 Å². The normalized spacial score (nSPS) is 18.3. The number of hydrogen-bond donors (Lipinski definition) is 0. The minimum Gasteiger partial charge on any atom is -0.619 e. The summed E-state index contributed by atoms with van der Waals surface area (Å²) in [6.45, 7) is -2.51. The molecule has 0 atom stereocenters. The summed E-state index contributed by atoms with van der Waals surface area (Å²) in [5.41, 5.74) is 0.995. The predicted molar refractivity (Wildman–Crippen MR) is 82.1 cm³/mol. The van der Waals surface area contributed by atoms with Crippen molar-refractivity contribution < 1.29 is 13.6 Å². The third-order valence-electron chi connectivity index (χ3n) is 4.02. The summed E-state index contributed by atoms with van der Waals surface area (Å²) >= 11 is 0. The second-order valence-electron chi connectivity index (χ2n) is 5.56. The lowest BCUT2D eigenvalue weighted by Gasteiger charge is -2.31. The number of carbonyl (C=O) groups excluding carboxylic acids is 1. The largest absolute Gasteiger partial charge is 0.619 e. The van der Waals surface area contributed by atoms with E-state index in [1.165, 1.54) is 29.5 Å². The molecule has 0 bridgehead atoms. The average molecular weight is 303 g/mol. The van der Waals surface area contributed by atoms with Gasteiger partial charge in [0.1, 0.15) is 6.33 Å². The lowest BCUT2D eigenvalue weighted by Crippen LogP contribution is -2.40. The molecular formula is C16H20N4O2. The van der Waals surface area contributed by atoms with Gasteiger partial charge in [-0.3, -0.25) is 4.57 Å². The first kappa shape index (κ1) is 11.2. The molecule has 22 heavy (non-hydrogen) atoms. The van der Waals surface area contributed by atoms with Gasteiger partial charge in [-0.25, -0.2) is 9.78 Å². The summed E-state index contributed by atoms with van der Waals surface area (Å²) in [5, 5.41) is 11.4. The summed E-state index contributed by atoms with van der Waals surface area (Å²) in [7, 11) is 0. The molecule has 1 amide bonds. The van der Waals surface area contributed by atoms with Gasteiger partial charge in [0.05, 0.1) is 11.3 Å². The fourth-order valence-corrected chi connectivity index (χ4v) is 2.80. The Morgan fingerprint density at radius 2 is 2.32 bits per heavy atom. The zero-order valence-corrected chi connectivity index (χ0v) is 12.2. The number of nitrogens with zero attached hydrogens (tertiary/aromatic N) is 4. The molecule has 0 spiro atoms. The first-order valence-corrected chi connectivity index (χ1v) is 7.43. The van der Waals surface area contributed by atoms with Crippen molar-refractivity contribution in [3.05, 3.63) is 42.3 Å². The van der Waals surface area contributed by atoms with Crippen molar-refractivity contribution in [3.8, 4) is 11.3 Å². The van der Waals surface area contributed by atoms with E-state index in [-0.39, 0.29) is 6.04 Å². The van der Waals surface area contributed by atoms with Crippen LogP contribution in [0.4, 0.5) is 4.79 Å². The van der Waals surface area contributed by atoms with Gasteiger partial charge in [0.15, 0.2) is 12.4 Å². The molecule has 116 valence electrons. The topological polar surface area (TPSA) is 65.1 Å². The van der Waals surface area contributed by atoms with Crippen LogP contribution in [-0.4, -0.2) is 33.5 Å². The van der Waals surface area contributed by atoms with Crippen LogP contribution in [0, 0.1) is 5.21 Å². The van der Waals surface area contributed by atoms with Crippen LogP contribution >= 0.6 is 0 Å². The van der Waals surface area contributed by atoms with Crippen LogP contribution in [0.2, 0.25) is 0 Å². The summed E-state index contributed by atoms with van der Waals surface area (Å²) in [6, 6.07) is 2.38. The second kappa shape index (κ2) is 6.17. The fourth-order valence-electron chi connectivity index (χ4n) is 2.80. The number of aromatic nitrogens is 3. The zero-order valence-electron chi connectivity index (χ0n) is 15.2. The predicted octanol–water partition coefficient (Wildman–Crippen LogP) is 2.42. The van der Waals surface area contributed by atoms with Crippen LogP contribution in [0.5, 0.6) is 0 Å². The van der Waals surface area contributed by atoms with E-state index in [1.807, 2.05) is 0 Å². The highest BCUT2D eigenvalue weighted by Crippen LogP contribution is 2.22. The molecule has 2 aromatic heterocycles. The molecule has 0 aliphatic heterocycles. The lowest BCUT2D eigenvalue weighted by molar-refractivity contribution is -0.604. The van der Waals surface area contributed by atoms with Gasteiger partial charge < -0.3 is 10.1 Å². The van der Waals surface area contributed by atoms with Crippen molar-refractivity contribution in [1.29, 1.82) is 0 Å². The maximum atomic E-state index is 12.8. The second-order valence-corrected chi connectivity index (χ2v) is 5.56. The lowest BCUT2D eigenvalue weighted by atomic mass is 9.95. The maximum Gasteiger partial charge on any atom is 0.329 e. The van der Waals surface area contributed by atoms with E-state index < -0.39 is 13.0 Å². The minimum atomic E-state index is -2.51. The summed E-state index contributed by atoms with van der Waals surface area (Å²) in [5.74, 6) is 0. The molecule has 0 aromatic carbocycles. The molecule has 2 heterocycles. The highest BCUT2D eigenvalue weighted by molar-refractivity contribution is 5.78. The first-order valence-electron chi connectivity index (χ1n) is 8.93. The molecule has 3 rings (SSSR count). The van der Waals surface area contributed by atoms with Gasteiger partial charge in [-0.2, -0.15) is 4.73 Å². The van der Waals surface area contributed by atoms with Gasteiger partial charge in [-0.1, -0.05) is 19.3 Å². The molecule has 1 saturated carbocycles. The van der Waals surface area contributed by atoms with E-state index >= 15 is 0 Å². The zero-order chi connectivity index (χ0) is 18.0. The quantitative estimate of drug-likeness (QED) is 0.632. The third-order valence-corrected chi connectivity index (χ3v) is 4.02. The van der Waals surface area contributed by atoms with Crippen LogP contribution in [0.15, 0.2) is 37.1 Å². The van der Waals surface area contributed by atoms with Gasteiger partial charge in [-0.05, 0) is 18.9 Å². The van der Waals surface area contributed by atoms with Crippen LogP contribution in [0.1, 0.15) is 36.2 Å². The Morgan fingerprint density at radius 1 is 1.50 bits per heavy atom. The molecule has 1 aliphatic rings. The molecule has 2 aromatic rings. The van der Waals surface area contributed by atoms with Crippen LogP contribution < -0.4 is 4.73 Å². The third kappa shape index (κ3) is 2.95. The van der Waals surface area contributed by atoms with E-state index in [9.17, 15) is 10.0 Å². The monoisotopic (exact) mass is 303 g/mol. The molecule has 0 saturated heterocycles. The smallest absolute Gasteiger partial charge is 0.329 e. The van der Waals surface area contributed by atoms with E-state index in [1.54, 1.807) is 12.1 Å². The highest BCUT2D eigenvalue weighted by atomic mass is 16.5. The Kier molecular flexibility index (Phi) is 3.15. The Bertz CT molecular complexity index is 754. The van der Waals surface area contributed by atoms with E-state index in [0.717, 1.165) is 24.2 Å². The number of hydrogen-bond acceptors (Lipinski definition) is 3. The van der Waals surface area contributed by atoms with Crippen molar-refractivity contribution >= 4 is 6.03 Å². The Labute approximate surface area is 133 Å². The standard InChI is InChI=1S/C16H20N4O2/c1-18(14-7-3-2-4-8-14)16(21)19-11-15(17-12-19)13-6-5-9-20(22)10-13/h5-6,9-12,14H,2-4,7-8H2,1H3/i1D3. The number of amides is 1. The van der Waals surface area contributed by atoms with Crippen molar-refractivity contribution in [2.45, 2.75) is 38.1 Å². The molecule has 6 nitrogen and oxygen atoms in total. The van der Waals surface area contributed by atoms with Crippen molar-refractivity contribution in [3.63, 3.8) is 0 Å². The molecule has 1 aliphatic carbocycles. The van der Waals surface area contributed by atoms with E-state index in [0.29, 0.717) is 28.8 Å². The number of pyridine rings is 1. The number of carbonyl (C=O) groups is 1. The van der Waals surface area contributed by atoms with Crippen LogP contribution in [-0.2, 0) is 0 Å². The number of rotatable bonds is 2. The molecular weight excluding hydrogens is 280 g/mol. The molecule has 0 unspecified atom stereocenters. The van der Waals surface area contributed by atoms with E-state index in [2.05, 4.69) is 4.98 Å². The van der Waals surface area contributed by atoms with Crippen LogP contribution in [0.25, 0.3) is 11.3 Å². The van der Waals surface area contributed by atoms with Gasteiger partial charge in [0, 0.05) is 29.4 Å². The molecule has 6 heteroatoms. The Hall–Kier alpha value is -2.37. The Balaban J connectivity index is 1.87. The van der Waals surface area contributed by atoms with Crippen LogP contribution in [0.3, 0.4) is 0 Å².